The quantitative estimate of drug-likeness (QED) is 0.0690. The number of aromatic nitrogens is 6. The highest BCUT2D eigenvalue weighted by atomic mass is 16.4. The molecule has 0 radical (unpaired) electrons. The van der Waals surface area contributed by atoms with Gasteiger partial charge in [-0.25, -0.2) is 14.8 Å². The monoisotopic (exact) mass is 757 g/mol. The Morgan fingerprint density at radius 2 is 1.51 bits per heavy atom. The normalized spacial score (nSPS) is 14.1. The molecule has 0 aliphatic carbocycles. The number of imidazole rings is 1. The van der Waals surface area contributed by atoms with Crippen LogP contribution in [0.15, 0.2) is 33.9 Å². The van der Waals surface area contributed by atoms with E-state index in [9.17, 15) is 14.4 Å². The van der Waals surface area contributed by atoms with Crippen molar-refractivity contribution in [1.82, 2.24) is 28.7 Å². The Kier molecular flexibility index (Phi) is 17.9. The molecule has 5 rings (SSSR count). The Morgan fingerprint density at radius 1 is 0.891 bits per heavy atom. The van der Waals surface area contributed by atoms with E-state index in [0.717, 1.165) is 48.8 Å². The molecule has 3 N–H and O–H groups in total. The molecule has 0 unspecified atom stereocenters. The summed E-state index contributed by atoms with van der Waals surface area (Å²) in [5.74, 6) is 6.30. The van der Waals surface area contributed by atoms with E-state index in [1.54, 1.807) is 18.5 Å². The number of aryl methyl sites for hydroxylation is 2. The number of nitrogens with two attached hydrogens (primary N) is 1. The van der Waals surface area contributed by atoms with Gasteiger partial charge in [0.2, 0.25) is 5.95 Å². The molecule has 1 atom stereocenters. The molecule has 0 amide bonds. The van der Waals surface area contributed by atoms with Gasteiger partial charge < -0.3 is 15.7 Å². The van der Waals surface area contributed by atoms with Crippen molar-refractivity contribution in [3.8, 4) is 11.8 Å². The summed E-state index contributed by atoms with van der Waals surface area (Å²) in [6.45, 7) is 7.58. The highest BCUT2D eigenvalue weighted by Crippen LogP contribution is 2.23. The third kappa shape index (κ3) is 12.8. The summed E-state index contributed by atoms with van der Waals surface area (Å²) in [7, 11) is 1.63. The van der Waals surface area contributed by atoms with E-state index >= 15 is 0 Å². The van der Waals surface area contributed by atoms with Crippen molar-refractivity contribution in [3.05, 3.63) is 56.6 Å². The van der Waals surface area contributed by atoms with Crippen LogP contribution in [0.25, 0.3) is 22.1 Å². The van der Waals surface area contributed by atoms with Gasteiger partial charge in [-0.1, -0.05) is 121 Å². The number of aliphatic carboxylic acids is 1. The van der Waals surface area contributed by atoms with Crippen molar-refractivity contribution in [3.63, 3.8) is 0 Å². The number of carbonyl (C=O) groups is 1. The minimum Gasteiger partial charge on any atom is -0.481 e. The van der Waals surface area contributed by atoms with Gasteiger partial charge in [0.15, 0.2) is 11.2 Å². The first-order valence-electron chi connectivity index (χ1n) is 20.7. The molecule has 12 heteroatoms. The van der Waals surface area contributed by atoms with Crippen LogP contribution in [0.3, 0.4) is 0 Å². The molecule has 12 nitrogen and oxygen atoms in total. The second kappa shape index (κ2) is 22.8. The van der Waals surface area contributed by atoms with Crippen molar-refractivity contribution in [2.24, 2.45) is 12.8 Å². The van der Waals surface area contributed by atoms with Crippen LogP contribution in [0.4, 0.5) is 5.95 Å². The molecule has 0 bridgehead atoms. The summed E-state index contributed by atoms with van der Waals surface area (Å²) in [5.41, 5.74) is 7.54. The first-order chi connectivity index (χ1) is 26.7. The second-order valence-corrected chi connectivity index (χ2v) is 15.0. The zero-order chi connectivity index (χ0) is 39.6. The number of carboxylic acids is 1. The van der Waals surface area contributed by atoms with E-state index in [4.69, 9.17) is 15.8 Å². The number of unbranched alkanes of at least 4 members (excludes halogenated alkanes) is 14. The lowest BCUT2D eigenvalue weighted by Gasteiger charge is -2.31. The molecule has 55 heavy (non-hydrogen) atoms. The summed E-state index contributed by atoms with van der Waals surface area (Å²) >= 11 is 0. The fourth-order valence-electron chi connectivity index (χ4n) is 7.40. The van der Waals surface area contributed by atoms with Crippen LogP contribution in [0.2, 0.25) is 0 Å². The number of hydrogen-bond donors (Lipinski definition) is 2. The summed E-state index contributed by atoms with van der Waals surface area (Å²) in [4.78, 5) is 53.3. The van der Waals surface area contributed by atoms with Crippen LogP contribution < -0.4 is 21.9 Å². The third-order valence-corrected chi connectivity index (χ3v) is 10.5. The summed E-state index contributed by atoms with van der Waals surface area (Å²) in [5, 5.41) is 9.45. The van der Waals surface area contributed by atoms with Gasteiger partial charge >= 0.3 is 11.7 Å². The van der Waals surface area contributed by atoms with Gasteiger partial charge in [0.05, 0.1) is 18.6 Å². The zero-order valence-electron chi connectivity index (χ0n) is 33.8. The molecule has 1 aliphatic heterocycles. The molecular formula is C43H64N8O4. The van der Waals surface area contributed by atoms with Crippen LogP contribution in [0.1, 0.15) is 141 Å². The number of anilines is 1. The van der Waals surface area contributed by atoms with Crippen molar-refractivity contribution in [2.75, 3.05) is 18.0 Å². The van der Waals surface area contributed by atoms with E-state index < -0.39 is 17.2 Å². The standard InChI is InChI=1S/C25H28N8O2.C18H36O2/c1-4-5-13-32-21-22(29-24(32)31-12-8-9-17(26)14-31)30(3)25(35)33(23(21)34)15-20-27-16(2)18-10-6-7-11-19(18)28-20;1-2-3-4-5-6-7-8-9-10-11-12-13-14-15-16-17-18(19)20/h6-7,10-11,17H,8-9,12-15,26H2,1-3H3;2-17H2,1H3,(H,19,20)/t17-;/m1./s1. The third-order valence-electron chi connectivity index (χ3n) is 10.5. The van der Waals surface area contributed by atoms with Crippen molar-refractivity contribution < 1.29 is 9.90 Å². The van der Waals surface area contributed by atoms with E-state index in [1.807, 2.05) is 31.2 Å². The van der Waals surface area contributed by atoms with E-state index in [2.05, 4.69) is 33.6 Å². The maximum atomic E-state index is 13.7. The van der Waals surface area contributed by atoms with Gasteiger partial charge in [-0.2, -0.15) is 4.98 Å². The van der Waals surface area contributed by atoms with E-state index in [1.165, 1.54) is 92.6 Å². The maximum Gasteiger partial charge on any atom is 0.332 e. The molecule has 1 fully saturated rings. The zero-order valence-corrected chi connectivity index (χ0v) is 33.8. The number of benzene rings is 1. The van der Waals surface area contributed by atoms with Crippen molar-refractivity contribution in [2.45, 2.75) is 155 Å². The lowest BCUT2D eigenvalue weighted by Crippen LogP contribution is -2.44. The van der Waals surface area contributed by atoms with Crippen LogP contribution in [0, 0.1) is 18.8 Å². The minimum atomic E-state index is -0.653. The second-order valence-electron chi connectivity index (χ2n) is 15.0. The Morgan fingerprint density at radius 3 is 2.11 bits per heavy atom. The molecule has 4 aromatic rings. The van der Waals surface area contributed by atoms with Gasteiger partial charge in [0.1, 0.15) is 5.82 Å². The molecule has 3 aromatic heterocycles. The summed E-state index contributed by atoms with van der Waals surface area (Å²) < 4.78 is 4.39. The van der Waals surface area contributed by atoms with Gasteiger partial charge in [0.25, 0.3) is 5.56 Å². The molecule has 1 saturated heterocycles. The van der Waals surface area contributed by atoms with E-state index in [-0.39, 0.29) is 19.1 Å². The fraction of sp³-hybridized carbons (Fsp3) is 0.628. The lowest BCUT2D eigenvalue weighted by atomic mass is 10.0. The van der Waals surface area contributed by atoms with E-state index in [0.29, 0.717) is 35.9 Å². The van der Waals surface area contributed by atoms with Gasteiger partial charge in [0, 0.05) is 43.7 Å². The average molecular weight is 757 g/mol. The first-order valence-corrected chi connectivity index (χ1v) is 20.7. The molecule has 300 valence electrons. The van der Waals surface area contributed by atoms with Gasteiger partial charge in [-0.3, -0.25) is 23.3 Å². The Bertz CT molecular complexity index is 2000. The number of rotatable bonds is 20. The van der Waals surface area contributed by atoms with Gasteiger partial charge in [-0.05, 0) is 39.2 Å². The molecular weight excluding hydrogens is 693 g/mol. The Balaban J connectivity index is 0.000000289. The number of nitrogens with zero attached hydrogens (tertiary/aromatic N) is 7. The number of para-hydroxylation sites is 1. The predicted octanol–water partition coefficient (Wildman–Crippen LogP) is 7.48. The van der Waals surface area contributed by atoms with Crippen LogP contribution in [0.5, 0.6) is 0 Å². The van der Waals surface area contributed by atoms with Gasteiger partial charge in [-0.15, -0.1) is 5.92 Å². The van der Waals surface area contributed by atoms with Crippen LogP contribution in [-0.4, -0.2) is 58.9 Å². The Hall–Kier alpha value is -4.50. The largest absolute Gasteiger partial charge is 0.481 e. The smallest absolute Gasteiger partial charge is 0.332 e. The van der Waals surface area contributed by atoms with Crippen LogP contribution in [-0.2, 0) is 24.9 Å². The molecule has 0 spiro atoms. The summed E-state index contributed by atoms with van der Waals surface area (Å²) in [6, 6.07) is 7.71. The summed E-state index contributed by atoms with van der Waals surface area (Å²) in [6.07, 6.45) is 22.1. The predicted molar refractivity (Wildman–Crippen MR) is 223 cm³/mol. The lowest BCUT2D eigenvalue weighted by molar-refractivity contribution is -0.137. The average Bonchev–Trinajstić information content (AvgIpc) is 3.56. The number of carboxylic acid groups (broad SMARTS) is 1. The minimum absolute atomic E-state index is 0.0306. The number of piperidine rings is 1. The first kappa shape index (κ1) is 43.2. The molecule has 1 aromatic carbocycles. The molecule has 0 saturated carbocycles. The highest BCUT2D eigenvalue weighted by molar-refractivity contribution is 5.80. The van der Waals surface area contributed by atoms with Crippen molar-refractivity contribution in [1.29, 1.82) is 0 Å². The SMILES string of the molecule is CC#CCn1c(N2CCC[C@@H](N)C2)nc2c1c(=O)n(Cc1nc(C)c3ccccc3n1)c(=O)n2C.CCCCCCCCCCCCCCCCCC(=O)O. The maximum absolute atomic E-state index is 13.7. The topological polar surface area (TPSA) is 154 Å². The van der Waals surface area contributed by atoms with Crippen LogP contribution >= 0.6 is 0 Å². The Labute approximate surface area is 326 Å². The highest BCUT2D eigenvalue weighted by Gasteiger charge is 2.26. The molecule has 4 heterocycles. The molecule has 1 aliphatic rings. The van der Waals surface area contributed by atoms with Crippen molar-refractivity contribution >= 4 is 34.0 Å². The number of hydrogen-bond acceptors (Lipinski definition) is 8. The fourth-order valence-corrected chi connectivity index (χ4v) is 7.40. The number of fused-ring (bicyclic) bond motifs is 2.